The Morgan fingerprint density at radius 1 is 1.03 bits per heavy atom. The standard InChI is InChI=1S/C23H29N3O2S/c1-15(2)13-17-9-11-18(12-10-17)16(3)21(27)25-23(29)24-20-8-6-7-19(14-20)22(28)26(4)5/h6-12,14-16H,13H2,1-5H3,(H2,24,25,27,29). The fourth-order valence-electron chi connectivity index (χ4n) is 2.94. The Kier molecular flexibility index (Phi) is 7.91. The Bertz CT molecular complexity index is 876. The number of carbonyl (C=O) groups is 2. The van der Waals surface area contributed by atoms with Gasteiger partial charge in [0, 0.05) is 25.3 Å². The zero-order valence-electron chi connectivity index (χ0n) is 17.7. The number of amides is 2. The summed E-state index contributed by atoms with van der Waals surface area (Å²) in [4.78, 5) is 26.2. The molecule has 1 atom stereocenters. The van der Waals surface area contributed by atoms with Crippen LogP contribution in [0.1, 0.15) is 48.2 Å². The number of nitrogens with zero attached hydrogens (tertiary/aromatic N) is 1. The number of carbonyl (C=O) groups excluding carboxylic acids is 2. The summed E-state index contributed by atoms with van der Waals surface area (Å²) in [6, 6.07) is 15.1. The molecule has 1 unspecified atom stereocenters. The molecular formula is C23H29N3O2S. The summed E-state index contributed by atoms with van der Waals surface area (Å²) in [6.45, 7) is 6.22. The van der Waals surface area contributed by atoms with Crippen molar-refractivity contribution in [3.63, 3.8) is 0 Å². The van der Waals surface area contributed by atoms with Crippen molar-refractivity contribution in [2.45, 2.75) is 33.1 Å². The summed E-state index contributed by atoms with van der Waals surface area (Å²) < 4.78 is 0. The van der Waals surface area contributed by atoms with E-state index >= 15 is 0 Å². The highest BCUT2D eigenvalue weighted by atomic mass is 32.1. The van der Waals surface area contributed by atoms with E-state index in [1.54, 1.807) is 38.4 Å². The van der Waals surface area contributed by atoms with Gasteiger partial charge in [0.05, 0.1) is 5.92 Å². The molecule has 2 amide bonds. The van der Waals surface area contributed by atoms with Gasteiger partial charge in [-0.1, -0.05) is 44.2 Å². The predicted octanol–water partition coefficient (Wildman–Crippen LogP) is 4.20. The van der Waals surface area contributed by atoms with E-state index < -0.39 is 0 Å². The highest BCUT2D eigenvalue weighted by Crippen LogP contribution is 2.18. The fraction of sp³-hybridized carbons (Fsp3) is 0.348. The fourth-order valence-corrected chi connectivity index (χ4v) is 3.15. The molecule has 0 heterocycles. The van der Waals surface area contributed by atoms with Gasteiger partial charge in [-0.15, -0.1) is 0 Å². The van der Waals surface area contributed by atoms with Gasteiger partial charge < -0.3 is 15.5 Å². The van der Waals surface area contributed by atoms with E-state index in [4.69, 9.17) is 12.2 Å². The monoisotopic (exact) mass is 411 g/mol. The summed E-state index contributed by atoms with van der Waals surface area (Å²) in [5, 5.41) is 5.91. The van der Waals surface area contributed by atoms with Crippen molar-refractivity contribution in [2.24, 2.45) is 5.92 Å². The number of hydrogen-bond donors (Lipinski definition) is 2. The Morgan fingerprint density at radius 2 is 1.69 bits per heavy atom. The van der Waals surface area contributed by atoms with E-state index in [1.165, 1.54) is 10.5 Å². The van der Waals surface area contributed by atoms with Crippen LogP contribution in [0.25, 0.3) is 0 Å². The number of hydrogen-bond acceptors (Lipinski definition) is 3. The van der Waals surface area contributed by atoms with E-state index in [2.05, 4.69) is 36.6 Å². The largest absolute Gasteiger partial charge is 0.345 e. The number of rotatable bonds is 6. The van der Waals surface area contributed by atoms with Crippen molar-refractivity contribution >= 4 is 34.8 Å². The molecule has 29 heavy (non-hydrogen) atoms. The van der Waals surface area contributed by atoms with E-state index in [1.807, 2.05) is 19.1 Å². The Hall–Kier alpha value is -2.73. The minimum atomic E-state index is -0.329. The average molecular weight is 412 g/mol. The van der Waals surface area contributed by atoms with Gasteiger partial charge in [-0.05, 0) is 60.8 Å². The van der Waals surface area contributed by atoms with Crippen molar-refractivity contribution in [2.75, 3.05) is 19.4 Å². The highest BCUT2D eigenvalue weighted by molar-refractivity contribution is 7.80. The molecule has 2 aromatic rings. The third-order valence-corrected chi connectivity index (χ3v) is 4.73. The Morgan fingerprint density at radius 3 is 2.28 bits per heavy atom. The van der Waals surface area contributed by atoms with E-state index in [0.717, 1.165) is 12.0 Å². The molecule has 0 radical (unpaired) electrons. The van der Waals surface area contributed by atoms with Crippen LogP contribution in [-0.2, 0) is 11.2 Å². The lowest BCUT2D eigenvalue weighted by Crippen LogP contribution is -2.36. The second kappa shape index (κ2) is 10.2. The van der Waals surface area contributed by atoms with Gasteiger partial charge in [0.25, 0.3) is 5.91 Å². The van der Waals surface area contributed by atoms with Crippen LogP contribution in [0.5, 0.6) is 0 Å². The van der Waals surface area contributed by atoms with E-state index in [0.29, 0.717) is 17.2 Å². The Balaban J connectivity index is 1.97. The zero-order chi connectivity index (χ0) is 21.6. The zero-order valence-corrected chi connectivity index (χ0v) is 18.5. The third-order valence-electron chi connectivity index (χ3n) is 4.53. The minimum absolute atomic E-state index is 0.0989. The van der Waals surface area contributed by atoms with Gasteiger partial charge in [0.15, 0.2) is 5.11 Å². The SMILES string of the molecule is CC(C)Cc1ccc(C(C)C(=O)NC(=S)Nc2cccc(C(=O)N(C)C)c2)cc1. The molecule has 0 aliphatic heterocycles. The van der Waals surface area contributed by atoms with Crippen molar-refractivity contribution in [3.05, 3.63) is 65.2 Å². The minimum Gasteiger partial charge on any atom is -0.345 e. The van der Waals surface area contributed by atoms with Crippen LogP contribution >= 0.6 is 12.2 Å². The summed E-state index contributed by atoms with van der Waals surface area (Å²) in [5.41, 5.74) is 3.40. The van der Waals surface area contributed by atoms with Crippen LogP contribution in [0.3, 0.4) is 0 Å². The molecule has 2 N–H and O–H groups in total. The number of nitrogens with one attached hydrogen (secondary N) is 2. The Labute approximate surface area is 178 Å². The predicted molar refractivity (Wildman–Crippen MR) is 122 cm³/mol. The first-order valence-electron chi connectivity index (χ1n) is 9.69. The normalized spacial score (nSPS) is 11.7. The second-order valence-electron chi connectivity index (χ2n) is 7.78. The quantitative estimate of drug-likeness (QED) is 0.699. The lowest BCUT2D eigenvalue weighted by atomic mass is 9.96. The molecule has 6 heteroatoms. The van der Waals surface area contributed by atoms with Crippen LogP contribution < -0.4 is 10.6 Å². The molecule has 0 spiro atoms. The first kappa shape index (κ1) is 22.6. The molecule has 0 aromatic heterocycles. The molecular weight excluding hydrogens is 382 g/mol. The van der Waals surface area contributed by atoms with Gasteiger partial charge in [0.2, 0.25) is 5.91 Å². The van der Waals surface area contributed by atoms with Crippen LogP contribution in [0, 0.1) is 5.92 Å². The number of anilines is 1. The maximum Gasteiger partial charge on any atom is 0.253 e. The number of thiocarbonyl (C=S) groups is 1. The molecule has 5 nitrogen and oxygen atoms in total. The first-order valence-corrected chi connectivity index (χ1v) is 10.1. The van der Waals surface area contributed by atoms with Gasteiger partial charge in [-0.25, -0.2) is 0 Å². The molecule has 0 bridgehead atoms. The first-order chi connectivity index (χ1) is 13.7. The molecule has 154 valence electrons. The van der Waals surface area contributed by atoms with Crippen LogP contribution in [0.15, 0.2) is 48.5 Å². The second-order valence-corrected chi connectivity index (χ2v) is 8.19. The van der Waals surface area contributed by atoms with Gasteiger partial charge in [-0.2, -0.15) is 0 Å². The lowest BCUT2D eigenvalue weighted by Gasteiger charge is -2.16. The molecule has 0 saturated carbocycles. The van der Waals surface area contributed by atoms with Crippen LogP contribution in [0.2, 0.25) is 0 Å². The van der Waals surface area contributed by atoms with Crippen LogP contribution in [-0.4, -0.2) is 35.9 Å². The van der Waals surface area contributed by atoms with Gasteiger partial charge in [0.1, 0.15) is 0 Å². The molecule has 2 rings (SSSR count). The average Bonchev–Trinajstić information content (AvgIpc) is 2.66. The maximum atomic E-state index is 12.6. The molecule has 0 fully saturated rings. The van der Waals surface area contributed by atoms with Crippen molar-refractivity contribution in [3.8, 4) is 0 Å². The van der Waals surface area contributed by atoms with Crippen molar-refractivity contribution < 1.29 is 9.59 Å². The van der Waals surface area contributed by atoms with Gasteiger partial charge >= 0.3 is 0 Å². The molecule has 2 aromatic carbocycles. The topological polar surface area (TPSA) is 61.4 Å². The van der Waals surface area contributed by atoms with Crippen molar-refractivity contribution in [1.82, 2.24) is 10.2 Å². The summed E-state index contributed by atoms with van der Waals surface area (Å²) in [7, 11) is 3.40. The van der Waals surface area contributed by atoms with Crippen molar-refractivity contribution in [1.29, 1.82) is 0 Å². The van der Waals surface area contributed by atoms with E-state index in [-0.39, 0.29) is 22.8 Å². The third kappa shape index (κ3) is 6.68. The lowest BCUT2D eigenvalue weighted by molar-refractivity contribution is -0.120. The molecule has 0 aliphatic rings. The summed E-state index contributed by atoms with van der Waals surface area (Å²) in [6.07, 6.45) is 1.02. The molecule has 0 aliphatic carbocycles. The number of benzene rings is 2. The van der Waals surface area contributed by atoms with Gasteiger partial charge in [-0.3, -0.25) is 9.59 Å². The van der Waals surface area contributed by atoms with E-state index in [9.17, 15) is 9.59 Å². The smallest absolute Gasteiger partial charge is 0.253 e. The molecule has 0 saturated heterocycles. The maximum absolute atomic E-state index is 12.6. The van der Waals surface area contributed by atoms with Crippen LogP contribution in [0.4, 0.5) is 5.69 Å². The summed E-state index contributed by atoms with van der Waals surface area (Å²) in [5.74, 6) is -0.0150. The summed E-state index contributed by atoms with van der Waals surface area (Å²) >= 11 is 5.27. The highest BCUT2D eigenvalue weighted by Gasteiger charge is 2.17.